The lowest BCUT2D eigenvalue weighted by molar-refractivity contribution is -0.143. The number of carbonyl (C=O) groups excluding carboxylic acids is 4. The molecule has 5 N–H and O–H groups in total. The maximum Gasteiger partial charge on any atom is 0.319 e. The Labute approximate surface area is 335 Å². The first-order valence-corrected chi connectivity index (χ1v) is 18.1. The molecule has 2 saturated heterocycles. The van der Waals surface area contributed by atoms with Crippen molar-refractivity contribution in [1.29, 1.82) is 0 Å². The fourth-order valence-corrected chi connectivity index (χ4v) is 6.67. The highest BCUT2D eigenvalue weighted by Crippen LogP contribution is 2.30. The van der Waals surface area contributed by atoms with Gasteiger partial charge in [0, 0.05) is 36.6 Å². The zero-order valence-corrected chi connectivity index (χ0v) is 31.9. The average Bonchev–Trinajstić information content (AvgIpc) is 3.63. The van der Waals surface area contributed by atoms with Crippen LogP contribution in [0.2, 0.25) is 20.1 Å². The molecule has 2 aliphatic heterocycles. The van der Waals surface area contributed by atoms with Crippen molar-refractivity contribution in [3.63, 3.8) is 0 Å². The van der Waals surface area contributed by atoms with Crippen molar-refractivity contribution in [2.24, 2.45) is 11.8 Å². The van der Waals surface area contributed by atoms with Gasteiger partial charge < -0.3 is 36.0 Å². The predicted molar refractivity (Wildman–Crippen MR) is 208 cm³/mol. The van der Waals surface area contributed by atoms with Crippen LogP contribution in [0, 0.1) is 18.8 Å². The van der Waals surface area contributed by atoms with Gasteiger partial charge >= 0.3 is 18.0 Å². The maximum absolute atomic E-state index is 12.8. The van der Waals surface area contributed by atoms with Crippen LogP contribution >= 0.6 is 46.4 Å². The highest BCUT2D eigenvalue weighted by molar-refractivity contribution is 6.42. The number of para-hydroxylation sites is 1. The summed E-state index contributed by atoms with van der Waals surface area (Å²) in [6, 6.07) is 22.2. The van der Waals surface area contributed by atoms with Gasteiger partial charge in [-0.05, 0) is 60.5 Å². The number of rotatable bonds is 9. The van der Waals surface area contributed by atoms with E-state index in [1.165, 1.54) is 40.1 Å². The normalized spacial score (nSPS) is 19.0. The second kappa shape index (κ2) is 17.9. The van der Waals surface area contributed by atoms with Crippen LogP contribution in [0.25, 0.3) is 0 Å². The van der Waals surface area contributed by atoms with Gasteiger partial charge in [-0.2, -0.15) is 0 Å². The number of hydrogen-bond donors (Lipinski definition) is 5. The number of urea groups is 1. The minimum atomic E-state index is -1.19. The molecule has 0 aliphatic carbocycles. The van der Waals surface area contributed by atoms with Crippen molar-refractivity contribution >= 4 is 93.5 Å². The lowest BCUT2D eigenvalue weighted by atomic mass is 10.0. The SMILES string of the molecule is Cc1ccccc1N1C[C@H](C(=O)O)[C@H](NC(=O)Nc2ccc(Cl)c(Cl)c2)C1=O.O=C(N[C@@H]1C(=O)N(Cc2ccccc2)C[C@@H]1C(=O)O)c1ccc(Cl)c(Cl)c1. The van der Waals surface area contributed by atoms with E-state index in [1.54, 1.807) is 18.2 Å². The zero-order chi connectivity index (χ0) is 40.0. The number of likely N-dealkylation sites (tertiary alicyclic amines) is 1. The number of hydrogen-bond acceptors (Lipinski definition) is 6. The van der Waals surface area contributed by atoms with E-state index in [9.17, 15) is 39.0 Å². The van der Waals surface area contributed by atoms with Gasteiger partial charge in [-0.1, -0.05) is 94.9 Å². The van der Waals surface area contributed by atoms with E-state index in [2.05, 4.69) is 16.0 Å². The molecule has 0 saturated carbocycles. The number of carboxylic acids is 2. The third-order valence-corrected chi connectivity index (χ3v) is 10.4. The second-order valence-corrected chi connectivity index (χ2v) is 14.2. The molecule has 0 unspecified atom stereocenters. The Morgan fingerprint density at radius 1 is 0.691 bits per heavy atom. The second-order valence-electron chi connectivity index (χ2n) is 12.6. The molecule has 55 heavy (non-hydrogen) atoms. The molecular formula is C38H33Cl4N5O8. The molecule has 0 aromatic heterocycles. The zero-order valence-electron chi connectivity index (χ0n) is 28.8. The van der Waals surface area contributed by atoms with Gasteiger partial charge in [-0.3, -0.25) is 24.0 Å². The molecule has 286 valence electrons. The molecule has 2 heterocycles. The molecule has 6 rings (SSSR count). The summed E-state index contributed by atoms with van der Waals surface area (Å²) in [5.74, 6) is -5.91. The summed E-state index contributed by atoms with van der Waals surface area (Å²) in [6.07, 6.45) is 0. The van der Waals surface area contributed by atoms with Gasteiger partial charge in [-0.15, -0.1) is 0 Å². The molecule has 0 spiro atoms. The molecular weight excluding hydrogens is 796 g/mol. The number of nitrogens with zero attached hydrogens (tertiary/aromatic N) is 2. The molecule has 4 aromatic carbocycles. The summed E-state index contributed by atoms with van der Waals surface area (Å²) in [5.41, 5.74) is 2.89. The number of anilines is 2. The molecule has 0 radical (unpaired) electrons. The Bertz CT molecular complexity index is 2140. The van der Waals surface area contributed by atoms with Gasteiger partial charge in [0.2, 0.25) is 5.91 Å². The lowest BCUT2D eigenvalue weighted by Gasteiger charge is -2.19. The fourth-order valence-electron chi connectivity index (χ4n) is 6.07. The van der Waals surface area contributed by atoms with Crippen LogP contribution in [0.4, 0.5) is 16.2 Å². The predicted octanol–water partition coefficient (Wildman–Crippen LogP) is 6.37. The van der Waals surface area contributed by atoms with Crippen LogP contribution in [-0.4, -0.2) is 76.0 Å². The smallest absolute Gasteiger partial charge is 0.319 e. The number of benzene rings is 4. The summed E-state index contributed by atoms with van der Waals surface area (Å²) in [7, 11) is 0. The molecule has 4 aromatic rings. The van der Waals surface area contributed by atoms with E-state index in [1.807, 2.05) is 49.4 Å². The fraction of sp³-hybridized carbons (Fsp3) is 0.211. The number of carboxylic acid groups (broad SMARTS) is 2. The van der Waals surface area contributed by atoms with Gasteiger partial charge in [0.25, 0.3) is 11.8 Å². The highest BCUT2D eigenvalue weighted by Gasteiger charge is 2.47. The number of aliphatic carboxylic acids is 2. The van der Waals surface area contributed by atoms with E-state index in [0.29, 0.717) is 21.4 Å². The standard InChI is InChI=1S/C19H17Cl2N3O4.C19H16Cl2N2O4/c1-10-4-2-3-5-15(10)24-9-12(18(26)27)16(17(24)25)23-19(28)22-11-6-7-13(20)14(21)8-11;20-14-7-6-12(8-15(14)21)17(24)22-16-13(19(26)27)10-23(18(16)25)9-11-4-2-1-3-5-11/h2-8,12,16H,9H2,1H3,(H,26,27)(H2,22,23,28);1-8,13,16H,9-10H2,(H,22,24)(H,26,27)/t12-,16-;13-,16-/m00/s1. The van der Waals surface area contributed by atoms with Crippen molar-refractivity contribution in [1.82, 2.24) is 15.5 Å². The maximum atomic E-state index is 12.8. The summed E-state index contributed by atoms with van der Waals surface area (Å²) < 4.78 is 0. The van der Waals surface area contributed by atoms with E-state index in [-0.39, 0.29) is 35.2 Å². The Morgan fingerprint density at radius 3 is 1.89 bits per heavy atom. The molecule has 2 aliphatic rings. The molecule has 5 amide bonds. The van der Waals surface area contributed by atoms with Gasteiger partial charge in [0.05, 0.1) is 20.1 Å². The number of carbonyl (C=O) groups is 6. The van der Waals surface area contributed by atoms with E-state index < -0.39 is 59.6 Å². The van der Waals surface area contributed by atoms with Crippen LogP contribution in [0.1, 0.15) is 21.5 Å². The quantitative estimate of drug-likeness (QED) is 0.129. The summed E-state index contributed by atoms with van der Waals surface area (Å²) >= 11 is 23.5. The molecule has 0 bridgehead atoms. The van der Waals surface area contributed by atoms with Crippen molar-refractivity contribution in [2.75, 3.05) is 23.3 Å². The largest absolute Gasteiger partial charge is 0.481 e. The minimum absolute atomic E-state index is 0.0232. The number of halogens is 4. The Balaban J connectivity index is 0.000000211. The Kier molecular flexibility index (Phi) is 13.3. The summed E-state index contributed by atoms with van der Waals surface area (Å²) in [4.78, 5) is 76.4. The number of aryl methyl sites for hydroxylation is 1. The van der Waals surface area contributed by atoms with Crippen LogP contribution in [0.3, 0.4) is 0 Å². The van der Waals surface area contributed by atoms with Gasteiger partial charge in [0.15, 0.2) is 0 Å². The molecule has 4 atom stereocenters. The number of amides is 5. The van der Waals surface area contributed by atoms with Crippen LogP contribution in [-0.2, 0) is 25.7 Å². The van der Waals surface area contributed by atoms with E-state index >= 15 is 0 Å². The highest BCUT2D eigenvalue weighted by atomic mass is 35.5. The monoisotopic (exact) mass is 827 g/mol. The van der Waals surface area contributed by atoms with Gasteiger partial charge in [0.1, 0.15) is 23.9 Å². The minimum Gasteiger partial charge on any atom is -0.481 e. The van der Waals surface area contributed by atoms with E-state index in [0.717, 1.165) is 11.1 Å². The van der Waals surface area contributed by atoms with E-state index in [4.69, 9.17) is 46.4 Å². The Hall–Kier alpha value is -5.34. The first-order valence-electron chi connectivity index (χ1n) is 16.6. The van der Waals surface area contributed by atoms with Crippen LogP contribution in [0.5, 0.6) is 0 Å². The lowest BCUT2D eigenvalue weighted by Crippen LogP contribution is -2.47. The van der Waals surface area contributed by atoms with Crippen LogP contribution < -0.4 is 20.9 Å². The summed E-state index contributed by atoms with van der Waals surface area (Å²) in [6.45, 7) is 2.10. The van der Waals surface area contributed by atoms with Crippen molar-refractivity contribution < 1.29 is 39.0 Å². The third kappa shape index (κ3) is 9.86. The first-order chi connectivity index (χ1) is 26.1. The average molecular weight is 830 g/mol. The number of nitrogens with one attached hydrogen (secondary N) is 3. The van der Waals surface area contributed by atoms with Crippen LogP contribution in [0.15, 0.2) is 91.0 Å². The first kappa shape index (κ1) is 40.8. The van der Waals surface area contributed by atoms with Crippen molar-refractivity contribution in [2.45, 2.75) is 25.6 Å². The topological polar surface area (TPSA) is 185 Å². The van der Waals surface area contributed by atoms with Crippen molar-refractivity contribution in [3.8, 4) is 0 Å². The summed E-state index contributed by atoms with van der Waals surface area (Å²) in [5, 5.41) is 27.6. The van der Waals surface area contributed by atoms with Gasteiger partial charge in [-0.25, -0.2) is 4.79 Å². The molecule has 13 nitrogen and oxygen atoms in total. The molecule has 2 fully saturated rings. The molecule has 17 heteroatoms. The third-order valence-electron chi connectivity index (χ3n) is 8.90. The van der Waals surface area contributed by atoms with Crippen molar-refractivity contribution in [3.05, 3.63) is 128 Å². The Morgan fingerprint density at radius 2 is 1.27 bits per heavy atom.